The molecule has 0 aliphatic carbocycles. The highest BCUT2D eigenvalue weighted by atomic mass is 35.5. The molecule has 124 valence electrons. The molecule has 24 heavy (non-hydrogen) atoms. The highest BCUT2D eigenvalue weighted by molar-refractivity contribution is 6.33. The third-order valence-corrected chi connectivity index (χ3v) is 4.42. The number of phenols is 1. The topological polar surface area (TPSA) is 43.8 Å². The molecule has 1 aliphatic rings. The van der Waals surface area contributed by atoms with Crippen LogP contribution >= 0.6 is 11.6 Å². The molecule has 1 N–H and O–H groups in total. The van der Waals surface area contributed by atoms with Crippen LogP contribution in [0.5, 0.6) is 5.75 Å². The number of hydrogen-bond acceptors (Lipinski definition) is 3. The van der Waals surface area contributed by atoms with Gasteiger partial charge in [-0.2, -0.15) is 0 Å². The summed E-state index contributed by atoms with van der Waals surface area (Å²) >= 11 is 6.23. The first-order valence-electron chi connectivity index (χ1n) is 7.89. The highest BCUT2D eigenvalue weighted by Crippen LogP contribution is 2.26. The van der Waals surface area contributed by atoms with Crippen LogP contribution in [0.25, 0.3) is 6.08 Å². The number of benzene rings is 2. The van der Waals surface area contributed by atoms with E-state index in [4.69, 9.17) is 11.6 Å². The number of rotatable bonds is 3. The smallest absolute Gasteiger partial charge is 0.246 e. The Kier molecular flexibility index (Phi) is 5.06. The first kappa shape index (κ1) is 16.4. The molecule has 2 aromatic carbocycles. The van der Waals surface area contributed by atoms with Gasteiger partial charge in [0.25, 0.3) is 0 Å². The van der Waals surface area contributed by atoms with Crippen molar-refractivity contribution in [3.05, 3.63) is 65.2 Å². The predicted molar refractivity (Wildman–Crippen MR) is 97.4 cm³/mol. The van der Waals surface area contributed by atoms with Gasteiger partial charge in [-0.15, -0.1) is 0 Å². The number of anilines is 1. The molecule has 5 heteroatoms. The molecule has 1 heterocycles. The Morgan fingerprint density at radius 3 is 2.33 bits per heavy atom. The molecule has 1 aliphatic heterocycles. The summed E-state index contributed by atoms with van der Waals surface area (Å²) in [5.74, 6) is 0.219. The molecular formula is C19H19ClN2O2. The van der Waals surface area contributed by atoms with Crippen molar-refractivity contribution in [1.29, 1.82) is 0 Å². The number of phenolic OH excluding ortho intramolecular Hbond substituents is 1. The van der Waals surface area contributed by atoms with E-state index in [1.165, 1.54) is 0 Å². The third-order valence-electron chi connectivity index (χ3n) is 4.10. The monoisotopic (exact) mass is 342 g/mol. The first-order chi connectivity index (χ1) is 11.6. The van der Waals surface area contributed by atoms with Crippen LogP contribution in [0.2, 0.25) is 5.02 Å². The van der Waals surface area contributed by atoms with E-state index in [1.807, 2.05) is 29.2 Å². The van der Waals surface area contributed by atoms with Crippen molar-refractivity contribution in [1.82, 2.24) is 4.90 Å². The van der Waals surface area contributed by atoms with E-state index < -0.39 is 0 Å². The van der Waals surface area contributed by atoms with E-state index in [9.17, 15) is 9.90 Å². The summed E-state index contributed by atoms with van der Waals surface area (Å²) in [6.45, 7) is 2.87. The van der Waals surface area contributed by atoms with Crippen LogP contribution in [-0.2, 0) is 4.79 Å². The van der Waals surface area contributed by atoms with E-state index in [1.54, 1.807) is 36.4 Å². The van der Waals surface area contributed by atoms with Crippen LogP contribution in [0.1, 0.15) is 5.56 Å². The Balaban J connectivity index is 1.57. The van der Waals surface area contributed by atoms with Crippen molar-refractivity contribution >= 4 is 29.3 Å². The lowest BCUT2D eigenvalue weighted by atomic mass is 10.2. The summed E-state index contributed by atoms with van der Waals surface area (Å²) in [5, 5.41) is 10.0. The van der Waals surface area contributed by atoms with Crippen molar-refractivity contribution in [2.24, 2.45) is 0 Å². The molecule has 3 rings (SSSR count). The molecule has 2 aromatic rings. The Bertz CT molecular complexity index is 735. The summed E-state index contributed by atoms with van der Waals surface area (Å²) < 4.78 is 0. The van der Waals surface area contributed by atoms with Gasteiger partial charge in [-0.25, -0.2) is 0 Å². The molecule has 0 bridgehead atoms. The lowest BCUT2D eigenvalue weighted by molar-refractivity contribution is -0.126. The molecule has 1 fully saturated rings. The van der Waals surface area contributed by atoms with Gasteiger partial charge in [0.1, 0.15) is 5.75 Å². The number of hydrogen-bond donors (Lipinski definition) is 1. The second-order valence-electron chi connectivity index (χ2n) is 5.69. The number of amides is 1. The highest BCUT2D eigenvalue weighted by Gasteiger charge is 2.20. The summed E-state index contributed by atoms with van der Waals surface area (Å²) in [4.78, 5) is 16.3. The van der Waals surface area contributed by atoms with Crippen molar-refractivity contribution in [2.75, 3.05) is 31.1 Å². The second kappa shape index (κ2) is 7.41. The fourth-order valence-corrected chi connectivity index (χ4v) is 2.99. The van der Waals surface area contributed by atoms with Crippen molar-refractivity contribution in [3.8, 4) is 5.75 Å². The molecule has 0 radical (unpaired) electrons. The van der Waals surface area contributed by atoms with Crippen LogP contribution in [0.4, 0.5) is 5.69 Å². The van der Waals surface area contributed by atoms with E-state index in [0.717, 1.165) is 29.4 Å². The summed E-state index contributed by atoms with van der Waals surface area (Å²) in [7, 11) is 0. The predicted octanol–water partition coefficient (Wildman–Crippen LogP) is 3.41. The largest absolute Gasteiger partial charge is 0.508 e. The maximum absolute atomic E-state index is 12.3. The van der Waals surface area contributed by atoms with E-state index in [-0.39, 0.29) is 11.7 Å². The van der Waals surface area contributed by atoms with E-state index in [2.05, 4.69) is 4.90 Å². The lowest BCUT2D eigenvalue weighted by Crippen LogP contribution is -2.48. The third kappa shape index (κ3) is 3.89. The number of para-hydroxylation sites is 1. The van der Waals surface area contributed by atoms with Crippen LogP contribution in [0.15, 0.2) is 54.6 Å². The maximum Gasteiger partial charge on any atom is 0.246 e. The summed E-state index contributed by atoms with van der Waals surface area (Å²) in [6.07, 6.45) is 3.35. The normalized spacial score (nSPS) is 15.0. The van der Waals surface area contributed by atoms with Gasteiger partial charge in [-0.1, -0.05) is 35.9 Å². The minimum absolute atomic E-state index is 0.00174. The SMILES string of the molecule is O=C(/C=C/c1ccc(O)cc1)N1CCN(c2ccccc2Cl)CC1. The van der Waals surface area contributed by atoms with E-state index in [0.29, 0.717) is 13.1 Å². The van der Waals surface area contributed by atoms with Gasteiger partial charge in [-0.3, -0.25) is 4.79 Å². The minimum Gasteiger partial charge on any atom is -0.508 e. The molecule has 1 saturated heterocycles. The van der Waals surface area contributed by atoms with Crippen LogP contribution in [0, 0.1) is 0 Å². The molecular weight excluding hydrogens is 324 g/mol. The average Bonchev–Trinajstić information content (AvgIpc) is 2.61. The Labute approximate surface area is 146 Å². The summed E-state index contributed by atoms with van der Waals surface area (Å²) in [5.41, 5.74) is 1.90. The van der Waals surface area contributed by atoms with E-state index >= 15 is 0 Å². The number of carbonyl (C=O) groups is 1. The van der Waals surface area contributed by atoms with Gasteiger partial charge >= 0.3 is 0 Å². The lowest BCUT2D eigenvalue weighted by Gasteiger charge is -2.36. The van der Waals surface area contributed by atoms with Crippen LogP contribution < -0.4 is 4.90 Å². The molecule has 0 atom stereocenters. The molecule has 4 nitrogen and oxygen atoms in total. The zero-order chi connectivity index (χ0) is 16.9. The molecule has 0 aromatic heterocycles. The Morgan fingerprint density at radius 2 is 1.67 bits per heavy atom. The molecule has 1 amide bonds. The second-order valence-corrected chi connectivity index (χ2v) is 6.10. The Hall–Kier alpha value is -2.46. The fourth-order valence-electron chi connectivity index (χ4n) is 2.73. The Morgan fingerprint density at radius 1 is 1.00 bits per heavy atom. The number of piperazine rings is 1. The number of carbonyl (C=O) groups excluding carboxylic acids is 1. The van der Waals surface area contributed by atoms with Crippen LogP contribution in [-0.4, -0.2) is 42.1 Å². The molecule has 0 saturated carbocycles. The van der Waals surface area contributed by atoms with Crippen molar-refractivity contribution < 1.29 is 9.90 Å². The first-order valence-corrected chi connectivity index (χ1v) is 8.27. The minimum atomic E-state index is 0.00174. The maximum atomic E-state index is 12.3. The van der Waals surface area contributed by atoms with Gasteiger partial charge < -0.3 is 14.9 Å². The van der Waals surface area contributed by atoms with Gasteiger partial charge in [0.05, 0.1) is 10.7 Å². The quantitative estimate of drug-likeness (QED) is 0.869. The van der Waals surface area contributed by atoms with Gasteiger partial charge in [0.2, 0.25) is 5.91 Å². The zero-order valence-electron chi connectivity index (χ0n) is 13.2. The van der Waals surface area contributed by atoms with Gasteiger partial charge in [-0.05, 0) is 35.9 Å². The zero-order valence-corrected chi connectivity index (χ0v) is 14.0. The molecule has 0 unspecified atom stereocenters. The van der Waals surface area contributed by atoms with Crippen molar-refractivity contribution in [2.45, 2.75) is 0 Å². The number of nitrogens with zero attached hydrogens (tertiary/aromatic N) is 2. The molecule has 0 spiro atoms. The fraction of sp³-hybridized carbons (Fsp3) is 0.211. The van der Waals surface area contributed by atoms with Crippen molar-refractivity contribution in [3.63, 3.8) is 0 Å². The summed E-state index contributed by atoms with van der Waals surface area (Å²) in [6, 6.07) is 14.5. The van der Waals surface area contributed by atoms with Crippen LogP contribution in [0.3, 0.4) is 0 Å². The number of aromatic hydroxyl groups is 1. The van der Waals surface area contributed by atoms with Gasteiger partial charge in [0, 0.05) is 32.3 Å². The van der Waals surface area contributed by atoms with Gasteiger partial charge in [0.15, 0.2) is 0 Å². The standard InChI is InChI=1S/C19H19ClN2O2/c20-17-3-1-2-4-18(17)21-11-13-22(14-12-21)19(24)10-7-15-5-8-16(23)9-6-15/h1-10,23H,11-14H2/b10-7+. The average molecular weight is 343 g/mol. The number of halogens is 1.